The van der Waals surface area contributed by atoms with E-state index < -0.39 is 0 Å². The lowest BCUT2D eigenvalue weighted by atomic mass is 10.2. The van der Waals surface area contributed by atoms with Gasteiger partial charge in [-0.1, -0.05) is 6.07 Å². The van der Waals surface area contributed by atoms with Crippen molar-refractivity contribution in [3.63, 3.8) is 0 Å². The monoisotopic (exact) mass is 256 g/mol. The second-order valence-corrected chi connectivity index (χ2v) is 4.85. The molecule has 0 saturated carbocycles. The van der Waals surface area contributed by atoms with Crippen LogP contribution in [0.4, 0.5) is 0 Å². The molecular formula is C14H12N2OS. The lowest BCUT2D eigenvalue weighted by molar-refractivity contribution is 0.617. The van der Waals surface area contributed by atoms with Crippen molar-refractivity contribution >= 4 is 22.9 Å². The van der Waals surface area contributed by atoms with Crippen molar-refractivity contribution in [2.75, 3.05) is 6.26 Å². The Morgan fingerprint density at radius 2 is 2.11 bits per heavy atom. The number of rotatable bonds is 2. The van der Waals surface area contributed by atoms with E-state index in [0.29, 0.717) is 5.89 Å². The molecule has 0 unspecified atom stereocenters. The predicted octanol–water partition coefficient (Wildman–Crippen LogP) is 3.92. The van der Waals surface area contributed by atoms with Gasteiger partial charge in [0, 0.05) is 6.20 Å². The molecular weight excluding hydrogens is 244 g/mol. The van der Waals surface area contributed by atoms with Crippen molar-refractivity contribution in [2.45, 2.75) is 11.9 Å². The number of benzene rings is 1. The largest absolute Gasteiger partial charge is 0.436 e. The van der Waals surface area contributed by atoms with Crippen LogP contribution in [0.25, 0.3) is 22.6 Å². The summed E-state index contributed by atoms with van der Waals surface area (Å²) in [6.45, 7) is 2.04. The van der Waals surface area contributed by atoms with Gasteiger partial charge < -0.3 is 4.42 Å². The molecule has 3 aromatic rings. The van der Waals surface area contributed by atoms with Crippen LogP contribution in [-0.4, -0.2) is 16.2 Å². The van der Waals surface area contributed by atoms with Crippen molar-refractivity contribution in [1.82, 2.24) is 9.97 Å². The number of aromatic nitrogens is 2. The van der Waals surface area contributed by atoms with Gasteiger partial charge in [0.15, 0.2) is 5.58 Å². The van der Waals surface area contributed by atoms with Crippen LogP contribution in [0.15, 0.2) is 46.0 Å². The Bertz CT molecular complexity index is 706. The molecule has 0 fully saturated rings. The summed E-state index contributed by atoms with van der Waals surface area (Å²) in [5.41, 5.74) is 3.81. The number of fused-ring (bicyclic) bond motifs is 1. The van der Waals surface area contributed by atoms with Gasteiger partial charge in [0.2, 0.25) is 5.89 Å². The third-order valence-electron chi connectivity index (χ3n) is 2.74. The third-order valence-corrected chi connectivity index (χ3v) is 3.45. The van der Waals surface area contributed by atoms with E-state index in [0.717, 1.165) is 21.7 Å². The van der Waals surface area contributed by atoms with Gasteiger partial charge in [-0.15, -0.1) is 11.8 Å². The normalized spacial score (nSPS) is 11.0. The number of aryl methyl sites for hydroxylation is 1. The lowest BCUT2D eigenvalue weighted by Crippen LogP contribution is -1.84. The molecule has 0 spiro atoms. The lowest BCUT2D eigenvalue weighted by Gasteiger charge is -2.00. The van der Waals surface area contributed by atoms with Crippen LogP contribution in [0, 0.1) is 6.92 Å². The van der Waals surface area contributed by atoms with Gasteiger partial charge in [0.05, 0.1) is 5.56 Å². The van der Waals surface area contributed by atoms with E-state index in [9.17, 15) is 0 Å². The van der Waals surface area contributed by atoms with E-state index in [1.807, 2.05) is 43.5 Å². The maximum absolute atomic E-state index is 5.81. The molecule has 0 radical (unpaired) electrons. The van der Waals surface area contributed by atoms with Gasteiger partial charge in [0.1, 0.15) is 10.5 Å². The summed E-state index contributed by atoms with van der Waals surface area (Å²) in [6.07, 6.45) is 3.78. The molecule has 0 saturated heterocycles. The van der Waals surface area contributed by atoms with Crippen molar-refractivity contribution in [1.29, 1.82) is 0 Å². The van der Waals surface area contributed by atoms with Gasteiger partial charge in [-0.2, -0.15) is 0 Å². The maximum Gasteiger partial charge on any atom is 0.230 e. The number of pyridine rings is 1. The molecule has 0 N–H and O–H groups in total. The summed E-state index contributed by atoms with van der Waals surface area (Å²) in [6, 6.07) is 9.90. The van der Waals surface area contributed by atoms with Crippen molar-refractivity contribution < 1.29 is 4.42 Å². The fourth-order valence-corrected chi connectivity index (χ4v) is 2.40. The minimum atomic E-state index is 0.632. The quantitative estimate of drug-likeness (QED) is 0.651. The highest BCUT2D eigenvalue weighted by Gasteiger charge is 2.12. The van der Waals surface area contributed by atoms with E-state index in [1.54, 1.807) is 18.0 Å². The maximum atomic E-state index is 5.81. The van der Waals surface area contributed by atoms with Crippen LogP contribution >= 0.6 is 11.8 Å². The van der Waals surface area contributed by atoms with E-state index in [2.05, 4.69) is 9.97 Å². The van der Waals surface area contributed by atoms with Crippen LogP contribution in [0.5, 0.6) is 0 Å². The Kier molecular flexibility index (Phi) is 2.80. The van der Waals surface area contributed by atoms with Crippen molar-refractivity contribution in [3.8, 4) is 11.5 Å². The summed E-state index contributed by atoms with van der Waals surface area (Å²) < 4.78 is 5.81. The summed E-state index contributed by atoms with van der Waals surface area (Å²) in [5.74, 6) is 0.632. The van der Waals surface area contributed by atoms with Crippen LogP contribution in [0.2, 0.25) is 0 Å². The molecule has 3 rings (SSSR count). The molecule has 2 aromatic heterocycles. The Morgan fingerprint density at radius 1 is 1.22 bits per heavy atom. The first-order chi connectivity index (χ1) is 8.78. The molecule has 0 aliphatic heterocycles. The SMILES string of the molecule is CSc1ncccc1-c1nc2ccc(C)cc2o1. The predicted molar refractivity (Wildman–Crippen MR) is 73.8 cm³/mol. The molecule has 0 aliphatic rings. The van der Waals surface area contributed by atoms with Gasteiger partial charge in [-0.05, 0) is 43.0 Å². The number of thioether (sulfide) groups is 1. The molecule has 0 aliphatic carbocycles. The zero-order chi connectivity index (χ0) is 12.5. The molecule has 2 heterocycles. The van der Waals surface area contributed by atoms with Crippen LogP contribution in [0.1, 0.15) is 5.56 Å². The van der Waals surface area contributed by atoms with Gasteiger partial charge >= 0.3 is 0 Å². The topological polar surface area (TPSA) is 38.9 Å². The second-order valence-electron chi connectivity index (χ2n) is 4.05. The molecule has 4 heteroatoms. The van der Waals surface area contributed by atoms with Crippen molar-refractivity contribution in [3.05, 3.63) is 42.1 Å². The third kappa shape index (κ3) is 1.88. The van der Waals surface area contributed by atoms with E-state index in [-0.39, 0.29) is 0 Å². The van der Waals surface area contributed by atoms with E-state index >= 15 is 0 Å². The molecule has 0 bridgehead atoms. The highest BCUT2D eigenvalue weighted by molar-refractivity contribution is 7.98. The average molecular weight is 256 g/mol. The highest BCUT2D eigenvalue weighted by Crippen LogP contribution is 2.30. The number of nitrogens with zero attached hydrogens (tertiary/aromatic N) is 2. The molecule has 3 nitrogen and oxygen atoms in total. The van der Waals surface area contributed by atoms with Crippen LogP contribution < -0.4 is 0 Å². The number of hydrogen-bond acceptors (Lipinski definition) is 4. The molecule has 0 amide bonds. The Hall–Kier alpha value is -1.81. The average Bonchev–Trinajstić information content (AvgIpc) is 2.81. The van der Waals surface area contributed by atoms with Gasteiger partial charge in [0.25, 0.3) is 0 Å². The van der Waals surface area contributed by atoms with Gasteiger partial charge in [-0.3, -0.25) is 0 Å². The minimum absolute atomic E-state index is 0.632. The zero-order valence-corrected chi connectivity index (χ0v) is 11.0. The Balaban J connectivity index is 2.19. The number of oxazole rings is 1. The van der Waals surface area contributed by atoms with Crippen LogP contribution in [-0.2, 0) is 0 Å². The zero-order valence-electron chi connectivity index (χ0n) is 10.2. The van der Waals surface area contributed by atoms with Crippen LogP contribution in [0.3, 0.4) is 0 Å². The summed E-state index contributed by atoms with van der Waals surface area (Å²) in [7, 11) is 0. The fourth-order valence-electron chi connectivity index (χ4n) is 1.86. The Morgan fingerprint density at radius 3 is 2.94 bits per heavy atom. The van der Waals surface area contributed by atoms with E-state index in [4.69, 9.17) is 4.42 Å². The standard InChI is InChI=1S/C14H12N2OS/c1-9-5-6-11-12(8-9)17-13(16-11)10-4-3-7-15-14(10)18-2/h3-8H,1-2H3. The fraction of sp³-hybridized carbons (Fsp3) is 0.143. The second kappa shape index (κ2) is 4.46. The first kappa shape index (κ1) is 11.3. The summed E-state index contributed by atoms with van der Waals surface area (Å²) in [5, 5.41) is 0.931. The van der Waals surface area contributed by atoms with E-state index in [1.165, 1.54) is 5.56 Å². The first-order valence-corrected chi connectivity index (χ1v) is 6.87. The highest BCUT2D eigenvalue weighted by atomic mass is 32.2. The number of hydrogen-bond donors (Lipinski definition) is 0. The summed E-state index contributed by atoms with van der Waals surface area (Å²) >= 11 is 1.59. The summed E-state index contributed by atoms with van der Waals surface area (Å²) in [4.78, 5) is 8.84. The molecule has 18 heavy (non-hydrogen) atoms. The smallest absolute Gasteiger partial charge is 0.230 e. The first-order valence-electron chi connectivity index (χ1n) is 5.64. The molecule has 90 valence electrons. The minimum Gasteiger partial charge on any atom is -0.436 e. The Labute approximate surface area is 109 Å². The molecule has 0 atom stereocenters. The molecule has 1 aromatic carbocycles. The van der Waals surface area contributed by atoms with Crippen molar-refractivity contribution in [2.24, 2.45) is 0 Å². The van der Waals surface area contributed by atoms with Gasteiger partial charge in [-0.25, -0.2) is 9.97 Å².